The minimum absolute atomic E-state index is 0.0566. The smallest absolute Gasteiger partial charge is 0.391 e. The summed E-state index contributed by atoms with van der Waals surface area (Å²) in [5, 5.41) is 9.61. The zero-order chi connectivity index (χ0) is 17.3. The predicted molar refractivity (Wildman–Crippen MR) is 77.7 cm³/mol. The number of hydrogen-bond donors (Lipinski definition) is 1. The van der Waals surface area contributed by atoms with Gasteiger partial charge in [-0.15, -0.1) is 0 Å². The van der Waals surface area contributed by atoms with Crippen LogP contribution in [0, 0.1) is 11.8 Å². The number of nitrogens with zero attached hydrogens (tertiary/aromatic N) is 1. The Hall–Kier alpha value is -1.27. The predicted octanol–water partition coefficient (Wildman–Crippen LogP) is 3.60. The van der Waals surface area contributed by atoms with Gasteiger partial charge in [-0.1, -0.05) is 25.7 Å². The molecular weight excluding hydrogens is 311 g/mol. The molecule has 0 bridgehead atoms. The van der Waals surface area contributed by atoms with Gasteiger partial charge in [0.05, 0.1) is 5.92 Å². The maximum atomic E-state index is 12.9. The van der Waals surface area contributed by atoms with E-state index in [-0.39, 0.29) is 12.8 Å². The van der Waals surface area contributed by atoms with Crippen LogP contribution in [-0.4, -0.2) is 40.6 Å². The molecule has 0 heterocycles. The lowest BCUT2D eigenvalue weighted by molar-refractivity contribution is -0.188. The maximum Gasteiger partial charge on any atom is 0.391 e. The first-order valence-corrected chi connectivity index (χ1v) is 8.26. The number of likely N-dealkylation sites (N-methyl/N-ethyl adjacent to an activating group) is 1. The highest BCUT2D eigenvalue weighted by molar-refractivity contribution is 5.88. The van der Waals surface area contributed by atoms with E-state index >= 15 is 0 Å². The first-order valence-electron chi connectivity index (χ1n) is 8.26. The zero-order valence-corrected chi connectivity index (χ0v) is 13.4. The van der Waals surface area contributed by atoms with Gasteiger partial charge in [-0.3, -0.25) is 4.79 Å². The Morgan fingerprint density at radius 3 is 2.22 bits per heavy atom. The molecule has 23 heavy (non-hydrogen) atoms. The average Bonchev–Trinajstić information content (AvgIpc) is 2.53. The number of hydrogen-bond acceptors (Lipinski definition) is 2. The van der Waals surface area contributed by atoms with Gasteiger partial charge in [0.25, 0.3) is 0 Å². The van der Waals surface area contributed by atoms with Crippen molar-refractivity contribution in [3.8, 4) is 0 Å². The Labute approximate surface area is 134 Å². The molecule has 2 atom stereocenters. The summed E-state index contributed by atoms with van der Waals surface area (Å²) >= 11 is 0. The highest BCUT2D eigenvalue weighted by Gasteiger charge is 2.49. The lowest BCUT2D eigenvalue weighted by atomic mass is 9.77. The number of carbonyl (C=O) groups is 2. The van der Waals surface area contributed by atoms with Gasteiger partial charge in [0.2, 0.25) is 5.91 Å². The van der Waals surface area contributed by atoms with Crippen LogP contribution in [0.1, 0.15) is 57.8 Å². The molecule has 2 saturated carbocycles. The fraction of sp³-hybridized carbons (Fsp3) is 0.875. The Kier molecular flexibility index (Phi) is 5.26. The molecule has 0 aromatic heterocycles. The standard InChI is InChI=1S/C16H24F3NO3/c1-20(15(14(22)23)8-3-2-4-9-15)13(21)11-6-5-7-12(10-11)16(17,18)19/h11-12H,2-10H2,1H3,(H,22,23). The van der Waals surface area contributed by atoms with Crippen molar-refractivity contribution in [1.29, 1.82) is 0 Å². The molecule has 0 aromatic rings. The van der Waals surface area contributed by atoms with E-state index in [0.29, 0.717) is 25.7 Å². The summed E-state index contributed by atoms with van der Waals surface area (Å²) < 4.78 is 38.8. The highest BCUT2D eigenvalue weighted by Crippen LogP contribution is 2.42. The molecule has 1 N–H and O–H groups in total. The Balaban J connectivity index is 2.13. The van der Waals surface area contributed by atoms with E-state index in [4.69, 9.17) is 0 Å². The van der Waals surface area contributed by atoms with Gasteiger partial charge in [-0.2, -0.15) is 13.2 Å². The number of carboxylic acid groups (broad SMARTS) is 1. The van der Waals surface area contributed by atoms with Gasteiger partial charge < -0.3 is 10.0 Å². The summed E-state index contributed by atoms with van der Waals surface area (Å²) in [5.41, 5.74) is -1.25. The van der Waals surface area contributed by atoms with Crippen molar-refractivity contribution in [3.63, 3.8) is 0 Å². The molecule has 132 valence electrons. The fourth-order valence-electron chi connectivity index (χ4n) is 4.03. The minimum atomic E-state index is -4.28. The number of alkyl halides is 3. The third-order valence-electron chi connectivity index (χ3n) is 5.54. The van der Waals surface area contributed by atoms with Crippen LogP contribution in [-0.2, 0) is 9.59 Å². The van der Waals surface area contributed by atoms with Gasteiger partial charge in [0.1, 0.15) is 5.54 Å². The molecule has 2 aliphatic rings. The number of amides is 1. The van der Waals surface area contributed by atoms with Gasteiger partial charge in [0, 0.05) is 13.0 Å². The van der Waals surface area contributed by atoms with Crippen molar-refractivity contribution in [1.82, 2.24) is 4.90 Å². The number of carboxylic acids is 1. The molecule has 7 heteroatoms. The van der Waals surface area contributed by atoms with Crippen molar-refractivity contribution in [2.75, 3.05) is 7.05 Å². The van der Waals surface area contributed by atoms with E-state index < -0.39 is 35.4 Å². The molecule has 0 aromatic carbocycles. The van der Waals surface area contributed by atoms with E-state index in [0.717, 1.165) is 19.3 Å². The van der Waals surface area contributed by atoms with Crippen LogP contribution in [0.2, 0.25) is 0 Å². The van der Waals surface area contributed by atoms with Crippen molar-refractivity contribution in [3.05, 3.63) is 0 Å². The zero-order valence-electron chi connectivity index (χ0n) is 13.4. The molecule has 0 radical (unpaired) electrons. The second kappa shape index (κ2) is 6.69. The summed E-state index contributed by atoms with van der Waals surface area (Å²) in [6.07, 6.45) is -0.563. The van der Waals surface area contributed by atoms with E-state index in [1.807, 2.05) is 0 Å². The second-order valence-corrected chi connectivity index (χ2v) is 6.90. The van der Waals surface area contributed by atoms with Crippen LogP contribution in [0.3, 0.4) is 0 Å². The second-order valence-electron chi connectivity index (χ2n) is 6.90. The molecule has 2 fully saturated rings. The molecule has 2 rings (SSSR count). The first-order chi connectivity index (χ1) is 10.7. The largest absolute Gasteiger partial charge is 0.479 e. The molecule has 0 saturated heterocycles. The van der Waals surface area contributed by atoms with E-state index in [1.54, 1.807) is 0 Å². The molecule has 0 spiro atoms. The summed E-state index contributed by atoms with van der Waals surface area (Å²) in [6.45, 7) is 0. The van der Waals surface area contributed by atoms with Crippen LogP contribution in [0.15, 0.2) is 0 Å². The molecule has 2 aliphatic carbocycles. The molecule has 4 nitrogen and oxygen atoms in total. The third kappa shape index (κ3) is 3.63. The van der Waals surface area contributed by atoms with Crippen molar-refractivity contribution < 1.29 is 27.9 Å². The quantitative estimate of drug-likeness (QED) is 0.857. The van der Waals surface area contributed by atoms with E-state index in [1.165, 1.54) is 11.9 Å². The van der Waals surface area contributed by atoms with Crippen LogP contribution in [0.5, 0.6) is 0 Å². The molecular formula is C16H24F3NO3. The van der Waals surface area contributed by atoms with Crippen molar-refractivity contribution in [2.24, 2.45) is 11.8 Å². The summed E-state index contributed by atoms with van der Waals surface area (Å²) in [5.74, 6) is -3.66. The van der Waals surface area contributed by atoms with Gasteiger partial charge >= 0.3 is 12.1 Å². The molecule has 2 unspecified atom stereocenters. The number of aliphatic carboxylic acids is 1. The number of rotatable bonds is 3. The maximum absolute atomic E-state index is 12.9. The lowest BCUT2D eigenvalue weighted by Gasteiger charge is -2.43. The summed E-state index contributed by atoms with van der Waals surface area (Å²) in [7, 11) is 1.44. The first kappa shape index (κ1) is 18.1. The SMILES string of the molecule is CN(C(=O)C1CCCC(C(F)(F)F)C1)C1(C(=O)O)CCCCC1. The van der Waals surface area contributed by atoms with E-state index in [2.05, 4.69) is 0 Å². The Morgan fingerprint density at radius 1 is 1.09 bits per heavy atom. The highest BCUT2D eigenvalue weighted by atomic mass is 19.4. The Bertz CT molecular complexity index is 458. The van der Waals surface area contributed by atoms with Crippen molar-refractivity contribution in [2.45, 2.75) is 69.5 Å². The van der Waals surface area contributed by atoms with Gasteiger partial charge in [0.15, 0.2) is 0 Å². The van der Waals surface area contributed by atoms with Gasteiger partial charge in [-0.05, 0) is 32.1 Å². The van der Waals surface area contributed by atoms with Crippen molar-refractivity contribution >= 4 is 11.9 Å². The fourth-order valence-corrected chi connectivity index (χ4v) is 4.03. The van der Waals surface area contributed by atoms with Crippen LogP contribution >= 0.6 is 0 Å². The Morgan fingerprint density at radius 2 is 1.70 bits per heavy atom. The third-order valence-corrected chi connectivity index (χ3v) is 5.54. The lowest BCUT2D eigenvalue weighted by Crippen LogP contribution is -2.58. The minimum Gasteiger partial charge on any atom is -0.479 e. The van der Waals surface area contributed by atoms with Crippen LogP contribution < -0.4 is 0 Å². The van der Waals surface area contributed by atoms with Crippen LogP contribution in [0.4, 0.5) is 13.2 Å². The summed E-state index contributed by atoms with van der Waals surface area (Å²) in [6, 6.07) is 0. The van der Waals surface area contributed by atoms with E-state index in [9.17, 15) is 27.9 Å². The summed E-state index contributed by atoms with van der Waals surface area (Å²) in [4.78, 5) is 25.7. The topological polar surface area (TPSA) is 57.6 Å². The molecule has 0 aliphatic heterocycles. The normalized spacial score (nSPS) is 28.2. The average molecular weight is 335 g/mol. The van der Waals surface area contributed by atoms with Crippen LogP contribution in [0.25, 0.3) is 0 Å². The number of carbonyl (C=O) groups excluding carboxylic acids is 1. The van der Waals surface area contributed by atoms with Gasteiger partial charge in [-0.25, -0.2) is 4.79 Å². The molecule has 1 amide bonds. The monoisotopic (exact) mass is 335 g/mol. The number of halogens is 3.